The lowest BCUT2D eigenvalue weighted by molar-refractivity contribution is 1.60. The minimum Gasteiger partial charge on any atom is -0.301 e. The van der Waals surface area contributed by atoms with Crippen LogP contribution in [0.5, 0.6) is 0 Å². The van der Waals surface area contributed by atoms with Gasteiger partial charge in [0, 0.05) is 0 Å². The molecule has 0 radical (unpaired) electrons. The third-order valence-corrected chi connectivity index (χ3v) is 0.204. The fourth-order valence-corrected chi connectivity index (χ4v) is 0. The number of rotatable bonds is 1. The molecule has 0 unspecified atom stereocenters. The standard InChI is InChI=1S/CH4N2S/c2-1-4-3/h1-2H,3H2. The Bertz CT molecular complexity index is 20.0. The summed E-state index contributed by atoms with van der Waals surface area (Å²) in [5, 5.41) is 10.9. The lowest BCUT2D eigenvalue weighted by Gasteiger charge is -1.59. The van der Waals surface area contributed by atoms with Gasteiger partial charge in [0.25, 0.3) is 0 Å². The van der Waals surface area contributed by atoms with Gasteiger partial charge in [0.05, 0.1) is 5.55 Å². The zero-order chi connectivity index (χ0) is 3.41. The summed E-state index contributed by atoms with van der Waals surface area (Å²) in [4.78, 5) is 0. The summed E-state index contributed by atoms with van der Waals surface area (Å²) in [7, 11) is 0. The first-order valence-electron chi connectivity index (χ1n) is 0.760. The van der Waals surface area contributed by atoms with Gasteiger partial charge in [-0.25, -0.2) is 0 Å². The van der Waals surface area contributed by atoms with E-state index in [0.29, 0.717) is 0 Å². The van der Waals surface area contributed by atoms with E-state index in [1.54, 1.807) is 0 Å². The maximum absolute atomic E-state index is 6.16. The van der Waals surface area contributed by atoms with Crippen LogP contribution in [0.2, 0.25) is 0 Å². The second kappa shape index (κ2) is 2.98. The molecule has 0 heterocycles. The maximum Gasteiger partial charge on any atom is 0.0657 e. The Kier molecular flexibility index (Phi) is 2.97. The fourth-order valence-electron chi connectivity index (χ4n) is 0. The SMILES string of the molecule is N=CSN. The maximum atomic E-state index is 6.16. The van der Waals surface area contributed by atoms with Crippen LogP contribution in [0.1, 0.15) is 0 Å². The zero-order valence-corrected chi connectivity index (χ0v) is 2.88. The Labute approximate surface area is 29.0 Å². The van der Waals surface area contributed by atoms with E-state index in [9.17, 15) is 0 Å². The highest BCUT2D eigenvalue weighted by Gasteiger charge is 1.45. The molecule has 0 amide bonds. The molecule has 0 aliphatic rings. The van der Waals surface area contributed by atoms with Gasteiger partial charge < -0.3 is 5.41 Å². The molecule has 0 saturated heterocycles. The van der Waals surface area contributed by atoms with Crippen molar-refractivity contribution in [3.63, 3.8) is 0 Å². The molecule has 0 aliphatic carbocycles. The molecule has 24 valence electrons. The zero-order valence-electron chi connectivity index (χ0n) is 2.06. The number of hydrogen-bond acceptors (Lipinski definition) is 3. The quantitative estimate of drug-likeness (QED) is 0.266. The molecule has 0 rings (SSSR count). The van der Waals surface area contributed by atoms with Crippen molar-refractivity contribution < 1.29 is 0 Å². The summed E-state index contributed by atoms with van der Waals surface area (Å²) in [6, 6.07) is 0. The van der Waals surface area contributed by atoms with E-state index in [0.717, 1.165) is 17.5 Å². The predicted octanol–water partition coefficient (Wildman–Crippen LogP) is 0.200. The molecule has 0 fully saturated rings. The van der Waals surface area contributed by atoms with E-state index in [-0.39, 0.29) is 0 Å². The van der Waals surface area contributed by atoms with Gasteiger partial charge in [0.15, 0.2) is 0 Å². The summed E-state index contributed by atoms with van der Waals surface area (Å²) < 4.78 is 0. The number of nitrogens with two attached hydrogens (primary N) is 1. The van der Waals surface area contributed by atoms with Crippen LogP contribution >= 0.6 is 11.9 Å². The van der Waals surface area contributed by atoms with Crippen molar-refractivity contribution in [1.82, 2.24) is 0 Å². The summed E-state index contributed by atoms with van der Waals surface area (Å²) >= 11 is 0.898. The topological polar surface area (TPSA) is 49.9 Å². The van der Waals surface area contributed by atoms with Crippen LogP contribution in [0.25, 0.3) is 0 Å². The second-order valence-electron chi connectivity index (χ2n) is 0.254. The Balaban J connectivity index is 2.30. The van der Waals surface area contributed by atoms with E-state index in [4.69, 9.17) is 10.5 Å². The van der Waals surface area contributed by atoms with Crippen LogP contribution in [-0.4, -0.2) is 5.55 Å². The summed E-state index contributed by atoms with van der Waals surface area (Å²) in [5.74, 6) is 0. The molecule has 4 heavy (non-hydrogen) atoms. The highest BCUT2D eigenvalue weighted by molar-refractivity contribution is 8.09. The third-order valence-electron chi connectivity index (χ3n) is 0.0680. The van der Waals surface area contributed by atoms with Crippen molar-refractivity contribution in [2.45, 2.75) is 0 Å². The first-order valence-corrected chi connectivity index (χ1v) is 1.70. The third kappa shape index (κ3) is 1.98. The molecule has 3 N–H and O–H groups in total. The second-order valence-corrected chi connectivity index (χ2v) is 0.762. The molecule has 3 heteroatoms. The van der Waals surface area contributed by atoms with Crippen LogP contribution in [0.4, 0.5) is 0 Å². The smallest absolute Gasteiger partial charge is 0.0657 e. The van der Waals surface area contributed by atoms with Gasteiger partial charge in [-0.1, -0.05) is 0 Å². The first kappa shape index (κ1) is 3.98. The molecule has 0 aliphatic heterocycles. The van der Waals surface area contributed by atoms with Gasteiger partial charge in [0.1, 0.15) is 0 Å². The predicted molar refractivity (Wildman–Crippen MR) is 20.6 cm³/mol. The Morgan fingerprint density at radius 1 is 2.00 bits per heavy atom. The molecule has 0 aromatic rings. The average Bonchev–Trinajstić information content (AvgIpc) is 1.37. The summed E-state index contributed by atoms with van der Waals surface area (Å²) in [5.41, 5.74) is 1.07. The summed E-state index contributed by atoms with van der Waals surface area (Å²) in [6.07, 6.45) is 0. The molecule has 0 saturated carbocycles. The van der Waals surface area contributed by atoms with Crippen LogP contribution in [0.15, 0.2) is 0 Å². The monoisotopic (exact) mass is 76.0 g/mol. The molecule has 2 nitrogen and oxygen atoms in total. The van der Waals surface area contributed by atoms with Crippen molar-refractivity contribution in [2.24, 2.45) is 5.14 Å². The van der Waals surface area contributed by atoms with E-state index in [1.807, 2.05) is 0 Å². The van der Waals surface area contributed by atoms with Crippen LogP contribution in [0.3, 0.4) is 0 Å². The average molecular weight is 76.1 g/mol. The fraction of sp³-hybridized carbons (Fsp3) is 0. The number of nitrogens with one attached hydrogen (secondary N) is 1. The molecular weight excluding hydrogens is 72.1 g/mol. The van der Waals surface area contributed by atoms with Crippen molar-refractivity contribution in [3.8, 4) is 0 Å². The van der Waals surface area contributed by atoms with Gasteiger partial charge in [-0.2, -0.15) is 0 Å². The van der Waals surface area contributed by atoms with Gasteiger partial charge >= 0.3 is 0 Å². The lowest BCUT2D eigenvalue weighted by Crippen LogP contribution is -1.70. The Morgan fingerprint density at radius 2 is 2.25 bits per heavy atom. The highest BCUT2D eigenvalue weighted by Crippen LogP contribution is 1.65. The van der Waals surface area contributed by atoms with E-state index >= 15 is 0 Å². The van der Waals surface area contributed by atoms with E-state index < -0.39 is 0 Å². The molecule has 0 aromatic carbocycles. The van der Waals surface area contributed by atoms with Crippen molar-refractivity contribution >= 4 is 17.5 Å². The minimum atomic E-state index is 0.898. The highest BCUT2D eigenvalue weighted by atomic mass is 32.2. The van der Waals surface area contributed by atoms with Gasteiger partial charge in [0.2, 0.25) is 0 Å². The van der Waals surface area contributed by atoms with Crippen LogP contribution in [0, 0.1) is 5.41 Å². The Morgan fingerprint density at radius 3 is 2.25 bits per heavy atom. The number of hydrogen-bond donors (Lipinski definition) is 2. The van der Waals surface area contributed by atoms with Gasteiger partial charge in [-0.05, 0) is 11.9 Å². The lowest BCUT2D eigenvalue weighted by atomic mass is 11.7. The van der Waals surface area contributed by atoms with Crippen molar-refractivity contribution in [2.75, 3.05) is 0 Å². The summed E-state index contributed by atoms with van der Waals surface area (Å²) in [6.45, 7) is 0. The van der Waals surface area contributed by atoms with Crippen LogP contribution in [-0.2, 0) is 0 Å². The van der Waals surface area contributed by atoms with Crippen LogP contribution < -0.4 is 5.14 Å². The first-order chi connectivity index (χ1) is 1.91. The normalized spacial score (nSPS) is 6.25. The largest absolute Gasteiger partial charge is 0.301 e. The molecule has 0 atom stereocenters. The van der Waals surface area contributed by atoms with E-state index in [2.05, 4.69) is 0 Å². The van der Waals surface area contributed by atoms with Gasteiger partial charge in [-0.15, -0.1) is 0 Å². The van der Waals surface area contributed by atoms with Crippen molar-refractivity contribution in [3.05, 3.63) is 0 Å². The molecule has 0 aromatic heterocycles. The Hall–Kier alpha value is -0.0200. The van der Waals surface area contributed by atoms with Crippen molar-refractivity contribution in [1.29, 1.82) is 5.41 Å². The van der Waals surface area contributed by atoms with Gasteiger partial charge in [-0.3, -0.25) is 5.14 Å². The molecular formula is CH4N2S. The molecule has 0 spiro atoms. The molecule has 0 bridgehead atoms. The van der Waals surface area contributed by atoms with E-state index in [1.165, 1.54) is 0 Å². The minimum absolute atomic E-state index is 0.898.